The molecule has 1 aromatic carbocycles. The summed E-state index contributed by atoms with van der Waals surface area (Å²) >= 11 is 0. The molecule has 2 N–H and O–H groups in total. The lowest BCUT2D eigenvalue weighted by Crippen LogP contribution is -2.46. The summed E-state index contributed by atoms with van der Waals surface area (Å²) in [6.07, 6.45) is -3.34. The number of ether oxygens (including phenoxy) is 3. The van der Waals surface area contributed by atoms with E-state index in [0.717, 1.165) is 26.2 Å². The number of nitrogen functional groups attached to an aromatic ring is 1. The summed E-state index contributed by atoms with van der Waals surface area (Å²) in [4.78, 5) is 40.4. The number of anilines is 2. The van der Waals surface area contributed by atoms with Gasteiger partial charge in [0.15, 0.2) is 18.1 Å². The molecular weight excluding hydrogens is 466 g/mol. The fourth-order valence-electron chi connectivity index (χ4n) is 3.01. The van der Waals surface area contributed by atoms with Crippen LogP contribution in [0.5, 0.6) is 17.4 Å². The van der Waals surface area contributed by atoms with Gasteiger partial charge in [-0.25, -0.2) is 19.1 Å². The van der Waals surface area contributed by atoms with Crippen molar-refractivity contribution in [2.24, 2.45) is 5.92 Å². The maximum absolute atomic E-state index is 14.7. The topological polar surface area (TPSA) is 121 Å². The number of alkyl halides is 3. The van der Waals surface area contributed by atoms with E-state index in [2.05, 4.69) is 9.72 Å². The number of carbonyl (C=O) groups excluding carboxylic acids is 3. The predicted octanol–water partition coefficient (Wildman–Crippen LogP) is 3.15. The van der Waals surface area contributed by atoms with E-state index < -0.39 is 53.6 Å². The number of esters is 1. The predicted molar refractivity (Wildman–Crippen MR) is 108 cm³/mol. The molecule has 1 unspecified atom stereocenters. The average Bonchev–Trinajstić information content (AvgIpc) is 2.77. The van der Waals surface area contributed by atoms with Crippen molar-refractivity contribution in [3.8, 4) is 17.4 Å². The number of pyridine rings is 1. The Morgan fingerprint density at radius 3 is 2.59 bits per heavy atom. The lowest BCUT2D eigenvalue weighted by molar-refractivity contribution is -0.143. The summed E-state index contributed by atoms with van der Waals surface area (Å²) in [5, 5.41) is 0. The van der Waals surface area contributed by atoms with Gasteiger partial charge in [0.2, 0.25) is 5.91 Å². The van der Waals surface area contributed by atoms with Crippen LogP contribution in [0.15, 0.2) is 42.1 Å². The second kappa shape index (κ2) is 9.37. The number of benzene rings is 1. The number of carbonyl (C=O) groups is 3. The van der Waals surface area contributed by atoms with Gasteiger partial charge in [0, 0.05) is 24.4 Å². The van der Waals surface area contributed by atoms with E-state index in [9.17, 15) is 31.9 Å². The van der Waals surface area contributed by atoms with Crippen LogP contribution < -0.4 is 20.1 Å². The van der Waals surface area contributed by atoms with Crippen molar-refractivity contribution >= 4 is 29.2 Å². The molecule has 13 heteroatoms. The van der Waals surface area contributed by atoms with E-state index in [1.54, 1.807) is 0 Å². The van der Waals surface area contributed by atoms with Gasteiger partial charge in [-0.2, -0.15) is 13.2 Å². The fraction of sp³-hybridized carbons (Fsp3) is 0.238. The minimum absolute atomic E-state index is 0.0698. The molecule has 2 aromatic rings. The Bertz CT molecular complexity index is 1180. The van der Waals surface area contributed by atoms with E-state index in [0.29, 0.717) is 0 Å². The molecule has 1 aliphatic heterocycles. The van der Waals surface area contributed by atoms with Crippen LogP contribution in [0.25, 0.3) is 0 Å². The summed E-state index contributed by atoms with van der Waals surface area (Å²) in [6.45, 7) is 0.449. The molecule has 0 fully saturated rings. The number of nitrogens with zero attached hydrogens (tertiary/aromatic N) is 2. The Hall–Kier alpha value is -4.16. The van der Waals surface area contributed by atoms with Crippen molar-refractivity contribution < 1.29 is 46.2 Å². The van der Waals surface area contributed by atoms with Crippen molar-refractivity contribution in [1.29, 1.82) is 0 Å². The highest BCUT2D eigenvalue weighted by Gasteiger charge is 2.46. The first kappa shape index (κ1) is 24.5. The second-order valence-electron chi connectivity index (χ2n) is 6.95. The van der Waals surface area contributed by atoms with Gasteiger partial charge >= 0.3 is 12.1 Å². The molecule has 2 heterocycles. The SMILES string of the molecule is COC(=O)COc1ncccc1Oc1cc(N2C(=O)C=C(C(F)(F)F)C(C)C2=O)c(F)cc1N. The van der Waals surface area contributed by atoms with E-state index >= 15 is 0 Å². The molecule has 0 aliphatic carbocycles. The Morgan fingerprint density at radius 2 is 1.94 bits per heavy atom. The zero-order valence-electron chi connectivity index (χ0n) is 17.7. The lowest BCUT2D eigenvalue weighted by atomic mass is 9.94. The molecule has 1 atom stereocenters. The quantitative estimate of drug-likeness (QED) is 0.288. The Kier molecular flexibility index (Phi) is 6.75. The molecule has 180 valence electrons. The number of nitrogens with two attached hydrogens (primary N) is 1. The standard InChI is InChI=1S/C21H17F4N3O6/c1-10-11(21(23,24)25)6-17(29)28(20(10)31)14-8-16(13(26)7-12(14)22)34-15-4-3-5-27-19(15)33-9-18(30)32-2/h3-8,10H,9,26H2,1-2H3. The van der Waals surface area contributed by atoms with Crippen molar-refractivity contribution in [2.45, 2.75) is 13.1 Å². The van der Waals surface area contributed by atoms with E-state index in [1.165, 1.54) is 18.3 Å². The van der Waals surface area contributed by atoms with E-state index in [-0.39, 0.29) is 34.0 Å². The number of hydrogen-bond donors (Lipinski definition) is 1. The summed E-state index contributed by atoms with van der Waals surface area (Å²) < 4.78 is 69.3. The lowest BCUT2D eigenvalue weighted by Gasteiger charge is -2.30. The number of hydrogen-bond acceptors (Lipinski definition) is 8. The molecule has 0 spiro atoms. The summed E-state index contributed by atoms with van der Waals surface area (Å²) in [6, 6.07) is 4.45. The molecule has 0 bridgehead atoms. The summed E-state index contributed by atoms with van der Waals surface area (Å²) in [5.41, 5.74) is 3.52. The molecule has 2 amide bonds. The van der Waals surface area contributed by atoms with Gasteiger partial charge in [0.25, 0.3) is 11.8 Å². The van der Waals surface area contributed by atoms with Crippen LogP contribution >= 0.6 is 0 Å². The highest BCUT2D eigenvalue weighted by Crippen LogP contribution is 2.40. The number of amides is 2. The van der Waals surface area contributed by atoms with Gasteiger partial charge in [-0.15, -0.1) is 0 Å². The van der Waals surface area contributed by atoms with E-state index in [1.807, 2.05) is 0 Å². The van der Waals surface area contributed by atoms with Crippen LogP contribution in [0.2, 0.25) is 0 Å². The van der Waals surface area contributed by atoms with Gasteiger partial charge in [-0.1, -0.05) is 0 Å². The third-order valence-electron chi connectivity index (χ3n) is 4.71. The van der Waals surface area contributed by atoms with Crippen LogP contribution in [0.1, 0.15) is 6.92 Å². The fourth-order valence-corrected chi connectivity index (χ4v) is 3.01. The monoisotopic (exact) mass is 483 g/mol. The van der Waals surface area contributed by atoms with Gasteiger partial charge < -0.3 is 19.9 Å². The maximum Gasteiger partial charge on any atom is 0.413 e. The van der Waals surface area contributed by atoms with Gasteiger partial charge in [-0.3, -0.25) is 9.59 Å². The zero-order chi connectivity index (χ0) is 25.2. The number of methoxy groups -OCH3 is 1. The smallest absolute Gasteiger partial charge is 0.413 e. The summed E-state index contributed by atoms with van der Waals surface area (Å²) in [7, 11) is 1.15. The first-order valence-corrected chi connectivity index (χ1v) is 9.52. The second-order valence-corrected chi connectivity index (χ2v) is 6.95. The van der Waals surface area contributed by atoms with E-state index in [4.69, 9.17) is 15.2 Å². The Labute approximate surface area is 189 Å². The first-order valence-electron chi connectivity index (χ1n) is 9.52. The van der Waals surface area contributed by atoms with Crippen molar-refractivity contribution in [3.05, 3.63) is 47.9 Å². The van der Waals surface area contributed by atoms with Gasteiger partial charge in [-0.05, 0) is 19.1 Å². The van der Waals surface area contributed by atoms with Crippen molar-refractivity contribution in [2.75, 3.05) is 24.4 Å². The molecule has 0 radical (unpaired) electrons. The number of aromatic nitrogens is 1. The minimum Gasteiger partial charge on any atom is -0.466 e. The van der Waals surface area contributed by atoms with Crippen LogP contribution in [-0.4, -0.2) is 42.7 Å². The van der Waals surface area contributed by atoms with Crippen LogP contribution in [0, 0.1) is 11.7 Å². The molecule has 0 saturated carbocycles. The Balaban J connectivity index is 1.98. The highest BCUT2D eigenvalue weighted by atomic mass is 19.4. The third-order valence-corrected chi connectivity index (χ3v) is 4.71. The molecule has 0 saturated heterocycles. The highest BCUT2D eigenvalue weighted by molar-refractivity contribution is 6.22. The van der Waals surface area contributed by atoms with Crippen LogP contribution in [0.4, 0.5) is 28.9 Å². The average molecular weight is 483 g/mol. The molecule has 1 aliphatic rings. The Morgan fingerprint density at radius 1 is 1.24 bits per heavy atom. The number of halogens is 4. The number of imide groups is 1. The molecule has 1 aromatic heterocycles. The van der Waals surface area contributed by atoms with Gasteiger partial charge in [0.1, 0.15) is 5.82 Å². The van der Waals surface area contributed by atoms with Gasteiger partial charge in [0.05, 0.1) is 30.0 Å². The summed E-state index contributed by atoms with van der Waals surface area (Å²) in [5.74, 6) is -6.75. The van der Waals surface area contributed by atoms with Crippen LogP contribution in [-0.2, 0) is 19.1 Å². The largest absolute Gasteiger partial charge is 0.466 e. The minimum atomic E-state index is -4.91. The normalized spacial score (nSPS) is 16.2. The first-order chi connectivity index (χ1) is 15.9. The van der Waals surface area contributed by atoms with Crippen LogP contribution in [0.3, 0.4) is 0 Å². The third kappa shape index (κ3) is 4.92. The molecule has 3 rings (SSSR count). The van der Waals surface area contributed by atoms with Crippen molar-refractivity contribution in [3.63, 3.8) is 0 Å². The molecular formula is C21H17F4N3O6. The van der Waals surface area contributed by atoms with Crippen molar-refractivity contribution in [1.82, 2.24) is 4.98 Å². The molecule has 9 nitrogen and oxygen atoms in total. The molecule has 34 heavy (non-hydrogen) atoms. The maximum atomic E-state index is 14.7. The number of rotatable bonds is 6. The zero-order valence-corrected chi connectivity index (χ0v) is 17.7.